The summed E-state index contributed by atoms with van der Waals surface area (Å²) in [4.78, 5) is 12.6. The third-order valence-electron chi connectivity index (χ3n) is 4.56. The topological polar surface area (TPSA) is 54.9 Å². The smallest absolute Gasteiger partial charge is 0.387 e. The van der Waals surface area contributed by atoms with Gasteiger partial charge < -0.3 is 15.4 Å². The van der Waals surface area contributed by atoms with Gasteiger partial charge >= 0.3 is 6.61 Å². The highest BCUT2D eigenvalue weighted by Crippen LogP contribution is 2.22. The van der Waals surface area contributed by atoms with E-state index in [1.807, 2.05) is 72.9 Å². The number of benzene rings is 3. The molecule has 3 aromatic carbocycles. The summed E-state index contributed by atoms with van der Waals surface area (Å²) in [5.41, 5.74) is 2.63. The van der Waals surface area contributed by atoms with Gasteiger partial charge in [-0.25, -0.2) is 0 Å². The first-order valence-corrected chi connectivity index (χ1v) is 9.33. The summed E-state index contributed by atoms with van der Waals surface area (Å²) < 4.78 is 29.3. The van der Waals surface area contributed by atoms with Crippen LogP contribution in [0.15, 0.2) is 84.9 Å². The zero-order chi connectivity index (χ0) is 20.6. The van der Waals surface area contributed by atoms with Gasteiger partial charge in [-0.1, -0.05) is 48.5 Å². The molecule has 3 N–H and O–H groups in total. The molecule has 0 aliphatic rings. The van der Waals surface area contributed by atoms with Crippen molar-refractivity contribution in [2.75, 3.05) is 5.32 Å². The number of halogens is 2. The second kappa shape index (κ2) is 9.80. The molecular formula is C23H23F2N2O2+. The van der Waals surface area contributed by atoms with Crippen molar-refractivity contribution in [3.05, 3.63) is 96.1 Å². The van der Waals surface area contributed by atoms with Gasteiger partial charge in [0.1, 0.15) is 11.8 Å². The van der Waals surface area contributed by atoms with Crippen LogP contribution in [0, 0.1) is 0 Å². The van der Waals surface area contributed by atoms with Gasteiger partial charge in [-0.2, -0.15) is 8.78 Å². The highest BCUT2D eigenvalue weighted by atomic mass is 19.3. The maximum atomic E-state index is 12.6. The molecule has 0 saturated carbocycles. The number of hydrogen-bond acceptors (Lipinski definition) is 2. The molecule has 0 fully saturated rings. The van der Waals surface area contributed by atoms with Crippen molar-refractivity contribution in [1.82, 2.24) is 0 Å². The Kier molecular flexibility index (Phi) is 6.92. The third kappa shape index (κ3) is 5.86. The van der Waals surface area contributed by atoms with Gasteiger partial charge in [0.25, 0.3) is 5.91 Å². The zero-order valence-electron chi connectivity index (χ0n) is 16.0. The molecular weight excluding hydrogens is 374 g/mol. The van der Waals surface area contributed by atoms with Crippen molar-refractivity contribution in [2.24, 2.45) is 0 Å². The highest BCUT2D eigenvalue weighted by Gasteiger charge is 2.25. The van der Waals surface area contributed by atoms with Crippen LogP contribution < -0.4 is 15.4 Å². The number of alkyl halides is 2. The van der Waals surface area contributed by atoms with Crippen LogP contribution in [0.25, 0.3) is 0 Å². The molecule has 0 spiro atoms. The Balaban J connectivity index is 1.78. The number of ether oxygens (including phenoxy) is 1. The fourth-order valence-electron chi connectivity index (χ4n) is 3.09. The molecule has 29 heavy (non-hydrogen) atoms. The number of nitrogens with one attached hydrogen (secondary N) is 1. The zero-order valence-corrected chi connectivity index (χ0v) is 16.0. The molecule has 6 heteroatoms. The molecule has 3 aromatic rings. The lowest BCUT2D eigenvalue weighted by molar-refractivity contribution is -0.704. The molecule has 0 unspecified atom stereocenters. The van der Waals surface area contributed by atoms with E-state index in [0.29, 0.717) is 0 Å². The van der Waals surface area contributed by atoms with E-state index in [2.05, 4.69) is 10.1 Å². The van der Waals surface area contributed by atoms with E-state index in [1.54, 1.807) is 12.1 Å². The number of carbonyl (C=O) groups excluding carboxylic acids is 1. The number of para-hydroxylation sites is 1. The number of rotatable bonds is 8. The quantitative estimate of drug-likeness (QED) is 0.604. The Labute approximate surface area is 168 Å². The Morgan fingerprint density at radius 1 is 0.862 bits per heavy atom. The van der Waals surface area contributed by atoms with Crippen molar-refractivity contribution in [2.45, 2.75) is 25.6 Å². The fourth-order valence-corrected chi connectivity index (χ4v) is 3.09. The number of amides is 1. The van der Waals surface area contributed by atoms with Crippen molar-refractivity contribution in [1.29, 1.82) is 0 Å². The van der Waals surface area contributed by atoms with E-state index in [1.165, 1.54) is 12.1 Å². The molecule has 0 radical (unpaired) electrons. The maximum absolute atomic E-state index is 12.6. The minimum absolute atomic E-state index is 0.102. The lowest BCUT2D eigenvalue weighted by Gasteiger charge is -2.21. The Morgan fingerprint density at radius 3 is 2.00 bits per heavy atom. The van der Waals surface area contributed by atoms with E-state index in [9.17, 15) is 13.6 Å². The van der Waals surface area contributed by atoms with Gasteiger partial charge in [-0.15, -0.1) is 0 Å². The summed E-state index contributed by atoms with van der Waals surface area (Å²) in [6.07, 6.45) is 0. The normalized spacial score (nSPS) is 13.0. The number of anilines is 1. The van der Waals surface area contributed by atoms with Crippen molar-refractivity contribution >= 4 is 11.6 Å². The third-order valence-corrected chi connectivity index (χ3v) is 4.56. The van der Waals surface area contributed by atoms with Crippen LogP contribution in [0.4, 0.5) is 14.5 Å². The second-order valence-corrected chi connectivity index (χ2v) is 6.67. The largest absolute Gasteiger partial charge is 0.435 e. The summed E-state index contributed by atoms with van der Waals surface area (Å²) in [5.74, 6) is -0.0137. The first-order chi connectivity index (χ1) is 14.0. The van der Waals surface area contributed by atoms with Crippen LogP contribution >= 0.6 is 0 Å². The van der Waals surface area contributed by atoms with E-state index in [0.717, 1.165) is 16.8 Å². The lowest BCUT2D eigenvalue weighted by atomic mass is 9.97. The predicted molar refractivity (Wildman–Crippen MR) is 108 cm³/mol. The summed E-state index contributed by atoms with van der Waals surface area (Å²) in [7, 11) is 0. The fraction of sp³-hybridized carbons (Fsp3) is 0.174. The van der Waals surface area contributed by atoms with Gasteiger partial charge in [-0.3, -0.25) is 4.79 Å². The van der Waals surface area contributed by atoms with E-state index in [4.69, 9.17) is 0 Å². The Bertz CT molecular complexity index is 903. The van der Waals surface area contributed by atoms with Gasteiger partial charge in [0.2, 0.25) is 0 Å². The maximum Gasteiger partial charge on any atom is 0.387 e. The molecule has 3 rings (SSSR count). The van der Waals surface area contributed by atoms with Crippen LogP contribution in [0.3, 0.4) is 0 Å². The molecule has 1 amide bonds. The minimum Gasteiger partial charge on any atom is -0.435 e. The van der Waals surface area contributed by atoms with E-state index < -0.39 is 6.61 Å². The van der Waals surface area contributed by atoms with Crippen LogP contribution in [0.2, 0.25) is 0 Å². The molecule has 0 bridgehead atoms. The molecule has 2 atom stereocenters. The van der Waals surface area contributed by atoms with E-state index >= 15 is 0 Å². The molecule has 0 aliphatic carbocycles. The Hall–Kier alpha value is -3.25. The SMILES string of the molecule is C[C@@H]([NH2+][C@@H](c1ccccc1)c1ccc(OC(F)F)cc1)C(=O)Nc1ccccc1. The summed E-state index contributed by atoms with van der Waals surface area (Å²) in [6.45, 7) is -1.03. The molecule has 0 aliphatic heterocycles. The van der Waals surface area contributed by atoms with E-state index in [-0.39, 0.29) is 23.7 Å². The highest BCUT2D eigenvalue weighted by molar-refractivity contribution is 5.93. The summed E-state index contributed by atoms with van der Waals surface area (Å²) in [6, 6.07) is 25.0. The summed E-state index contributed by atoms with van der Waals surface area (Å²) >= 11 is 0. The number of hydrogen-bond donors (Lipinski definition) is 2. The minimum atomic E-state index is -2.86. The van der Waals surface area contributed by atoms with Gasteiger partial charge in [0, 0.05) is 16.8 Å². The molecule has 0 heterocycles. The van der Waals surface area contributed by atoms with Gasteiger partial charge in [-0.05, 0) is 43.3 Å². The van der Waals surface area contributed by atoms with Crippen LogP contribution in [0.1, 0.15) is 24.1 Å². The van der Waals surface area contributed by atoms with Crippen molar-refractivity contribution < 1.29 is 23.6 Å². The average molecular weight is 397 g/mol. The molecule has 0 aromatic heterocycles. The second-order valence-electron chi connectivity index (χ2n) is 6.67. The van der Waals surface area contributed by atoms with Crippen molar-refractivity contribution in [3.63, 3.8) is 0 Å². The molecule has 150 valence electrons. The first-order valence-electron chi connectivity index (χ1n) is 9.33. The Morgan fingerprint density at radius 2 is 1.41 bits per heavy atom. The predicted octanol–water partition coefficient (Wildman–Crippen LogP) is 3.97. The van der Waals surface area contributed by atoms with Gasteiger partial charge in [0.05, 0.1) is 0 Å². The monoisotopic (exact) mass is 397 g/mol. The molecule has 0 saturated heterocycles. The average Bonchev–Trinajstić information content (AvgIpc) is 2.73. The number of nitrogens with two attached hydrogens (primary N) is 1. The number of carbonyl (C=O) groups is 1. The van der Waals surface area contributed by atoms with Crippen molar-refractivity contribution in [3.8, 4) is 5.75 Å². The molecule has 4 nitrogen and oxygen atoms in total. The van der Waals surface area contributed by atoms with Crippen LogP contribution in [-0.2, 0) is 4.79 Å². The lowest BCUT2D eigenvalue weighted by Crippen LogP contribution is -2.92. The van der Waals surface area contributed by atoms with Crippen LogP contribution in [0.5, 0.6) is 5.75 Å². The van der Waals surface area contributed by atoms with Gasteiger partial charge in [0.15, 0.2) is 6.04 Å². The summed E-state index contributed by atoms with van der Waals surface area (Å²) in [5, 5.41) is 4.86. The van der Waals surface area contributed by atoms with Crippen LogP contribution in [-0.4, -0.2) is 18.6 Å². The standard InChI is InChI=1S/C23H22F2N2O2/c1-16(22(28)27-19-10-6-3-7-11-19)26-21(17-8-4-2-5-9-17)18-12-14-20(15-13-18)29-23(24)25/h2-16,21,23,26H,1H3,(H,27,28)/p+1/t16-,21+/m1/s1. The number of quaternary nitrogens is 1. The first kappa shape index (κ1) is 20.5.